The molecule has 0 fully saturated rings. The highest BCUT2D eigenvalue weighted by Gasteiger charge is 2.09. The fourth-order valence-electron chi connectivity index (χ4n) is 1.62. The van der Waals surface area contributed by atoms with Crippen molar-refractivity contribution in [2.75, 3.05) is 11.1 Å². The van der Waals surface area contributed by atoms with E-state index in [9.17, 15) is 14.3 Å². The average molecular weight is 260 g/mol. The summed E-state index contributed by atoms with van der Waals surface area (Å²) in [5.74, 6) is -0.754. The summed E-state index contributed by atoms with van der Waals surface area (Å²) in [5, 5.41) is 12.0. The van der Waals surface area contributed by atoms with E-state index in [0.29, 0.717) is 16.8 Å². The molecule has 0 atom stereocenters. The van der Waals surface area contributed by atoms with E-state index in [4.69, 9.17) is 5.73 Å². The summed E-state index contributed by atoms with van der Waals surface area (Å²) in [4.78, 5) is 11.9. The second kappa shape index (κ2) is 4.97. The molecule has 2 aromatic rings. The van der Waals surface area contributed by atoms with Crippen molar-refractivity contribution < 1.29 is 14.3 Å². The number of rotatable bonds is 2. The fourth-order valence-corrected chi connectivity index (χ4v) is 1.62. The summed E-state index contributed by atoms with van der Waals surface area (Å²) in [6.45, 7) is 1.70. The highest BCUT2D eigenvalue weighted by Crippen LogP contribution is 2.20. The van der Waals surface area contributed by atoms with Crippen LogP contribution in [-0.4, -0.2) is 11.0 Å². The normalized spacial score (nSPS) is 10.2. The number of hydrogen-bond donors (Lipinski definition) is 3. The number of carbonyl (C=O) groups is 1. The maximum Gasteiger partial charge on any atom is 0.255 e. The molecule has 0 aliphatic carbocycles. The predicted octanol–water partition coefficient (Wildman–Crippen LogP) is 2.67. The summed E-state index contributed by atoms with van der Waals surface area (Å²) in [6, 6.07) is 8.48. The Labute approximate surface area is 109 Å². The number of aromatic hydroxyl groups is 1. The van der Waals surface area contributed by atoms with Gasteiger partial charge in [0, 0.05) is 11.3 Å². The molecular weight excluding hydrogens is 247 g/mol. The number of hydrogen-bond acceptors (Lipinski definition) is 3. The monoisotopic (exact) mass is 260 g/mol. The summed E-state index contributed by atoms with van der Waals surface area (Å²) < 4.78 is 13.0. The molecule has 1 amide bonds. The molecule has 2 rings (SSSR count). The van der Waals surface area contributed by atoms with Crippen LogP contribution in [0.4, 0.5) is 15.8 Å². The Hall–Kier alpha value is -2.56. The molecule has 2 aromatic carbocycles. The number of halogens is 1. The molecular formula is C14H13FN2O2. The van der Waals surface area contributed by atoms with E-state index < -0.39 is 5.82 Å². The van der Waals surface area contributed by atoms with Gasteiger partial charge in [-0.05, 0) is 48.9 Å². The first-order valence-corrected chi connectivity index (χ1v) is 5.63. The number of nitrogens with one attached hydrogen (secondary N) is 1. The van der Waals surface area contributed by atoms with E-state index >= 15 is 0 Å². The smallest absolute Gasteiger partial charge is 0.255 e. The van der Waals surface area contributed by atoms with E-state index in [1.54, 1.807) is 13.0 Å². The number of carbonyl (C=O) groups excluding carboxylic acids is 1. The highest BCUT2D eigenvalue weighted by molar-refractivity contribution is 6.04. The van der Waals surface area contributed by atoms with Gasteiger partial charge in [0.1, 0.15) is 11.6 Å². The maximum absolute atomic E-state index is 13.0. The van der Waals surface area contributed by atoms with E-state index in [1.165, 1.54) is 30.3 Å². The Balaban J connectivity index is 2.20. The molecule has 5 heteroatoms. The van der Waals surface area contributed by atoms with E-state index in [-0.39, 0.29) is 17.3 Å². The van der Waals surface area contributed by atoms with Crippen molar-refractivity contribution in [3.8, 4) is 5.75 Å². The molecule has 98 valence electrons. The second-order valence-electron chi connectivity index (χ2n) is 4.19. The van der Waals surface area contributed by atoms with E-state index in [2.05, 4.69) is 5.32 Å². The van der Waals surface area contributed by atoms with Crippen LogP contribution in [0.1, 0.15) is 15.9 Å². The van der Waals surface area contributed by atoms with Crippen LogP contribution < -0.4 is 11.1 Å². The Morgan fingerprint density at radius 2 is 2.00 bits per heavy atom. The zero-order chi connectivity index (χ0) is 14.0. The number of benzene rings is 2. The average Bonchev–Trinajstić information content (AvgIpc) is 2.37. The van der Waals surface area contributed by atoms with Crippen LogP contribution in [0.2, 0.25) is 0 Å². The van der Waals surface area contributed by atoms with Gasteiger partial charge in [-0.25, -0.2) is 4.39 Å². The lowest BCUT2D eigenvalue weighted by atomic mass is 10.1. The third-order valence-corrected chi connectivity index (χ3v) is 2.71. The van der Waals surface area contributed by atoms with Crippen molar-refractivity contribution in [3.05, 3.63) is 53.3 Å². The summed E-state index contributed by atoms with van der Waals surface area (Å²) >= 11 is 0. The predicted molar refractivity (Wildman–Crippen MR) is 71.6 cm³/mol. The van der Waals surface area contributed by atoms with Gasteiger partial charge in [-0.2, -0.15) is 0 Å². The van der Waals surface area contributed by atoms with Gasteiger partial charge in [0.25, 0.3) is 5.91 Å². The number of phenols is 1. The Kier molecular flexibility index (Phi) is 3.37. The van der Waals surface area contributed by atoms with Crippen LogP contribution >= 0.6 is 0 Å². The first-order valence-electron chi connectivity index (χ1n) is 5.63. The van der Waals surface area contributed by atoms with Gasteiger partial charge in [0.15, 0.2) is 0 Å². The summed E-state index contributed by atoms with van der Waals surface area (Å²) in [6.07, 6.45) is 0. The molecule has 4 N–H and O–H groups in total. The van der Waals surface area contributed by atoms with Gasteiger partial charge < -0.3 is 16.2 Å². The third-order valence-electron chi connectivity index (χ3n) is 2.71. The van der Waals surface area contributed by atoms with Crippen molar-refractivity contribution in [2.24, 2.45) is 0 Å². The Morgan fingerprint density at radius 1 is 1.26 bits per heavy atom. The number of aryl methyl sites for hydroxylation is 1. The molecule has 0 aromatic heterocycles. The van der Waals surface area contributed by atoms with Crippen molar-refractivity contribution in [2.45, 2.75) is 6.92 Å². The van der Waals surface area contributed by atoms with Gasteiger partial charge in [-0.1, -0.05) is 0 Å². The standard InChI is InChI=1S/C14H13FN2O2/c1-8-6-9(2-5-13(8)18)14(19)17-10-3-4-11(15)12(16)7-10/h2-7,18H,16H2,1H3,(H,17,19). The summed E-state index contributed by atoms with van der Waals surface area (Å²) in [7, 11) is 0. The molecule has 0 aliphatic heterocycles. The molecule has 0 aliphatic rings. The maximum atomic E-state index is 13.0. The number of amides is 1. The third kappa shape index (κ3) is 2.82. The minimum Gasteiger partial charge on any atom is -0.508 e. The van der Waals surface area contributed by atoms with Crippen molar-refractivity contribution in [3.63, 3.8) is 0 Å². The van der Waals surface area contributed by atoms with Crippen LogP contribution in [0.5, 0.6) is 5.75 Å². The minimum atomic E-state index is -0.529. The summed E-state index contributed by atoms with van der Waals surface area (Å²) in [5.41, 5.74) is 6.81. The zero-order valence-electron chi connectivity index (χ0n) is 10.3. The van der Waals surface area contributed by atoms with Crippen molar-refractivity contribution in [1.29, 1.82) is 0 Å². The SMILES string of the molecule is Cc1cc(C(=O)Nc2ccc(F)c(N)c2)ccc1O. The first kappa shape index (κ1) is 12.9. The minimum absolute atomic E-state index is 0.0281. The lowest BCUT2D eigenvalue weighted by Gasteiger charge is -2.07. The van der Waals surface area contributed by atoms with Gasteiger partial charge in [0.2, 0.25) is 0 Å². The van der Waals surface area contributed by atoms with Gasteiger partial charge in [0.05, 0.1) is 5.69 Å². The van der Waals surface area contributed by atoms with Gasteiger partial charge in [-0.15, -0.1) is 0 Å². The van der Waals surface area contributed by atoms with Crippen LogP contribution in [0, 0.1) is 12.7 Å². The van der Waals surface area contributed by atoms with Crippen LogP contribution in [-0.2, 0) is 0 Å². The molecule has 0 saturated carbocycles. The van der Waals surface area contributed by atoms with Crippen LogP contribution in [0.15, 0.2) is 36.4 Å². The number of anilines is 2. The fraction of sp³-hybridized carbons (Fsp3) is 0.0714. The Morgan fingerprint density at radius 3 is 2.63 bits per heavy atom. The number of nitrogen functional groups attached to an aromatic ring is 1. The van der Waals surface area contributed by atoms with Crippen molar-refractivity contribution >= 4 is 17.3 Å². The Bertz CT molecular complexity index is 641. The van der Waals surface area contributed by atoms with Crippen molar-refractivity contribution in [1.82, 2.24) is 0 Å². The molecule has 4 nitrogen and oxygen atoms in total. The van der Waals surface area contributed by atoms with Crippen LogP contribution in [0.25, 0.3) is 0 Å². The van der Waals surface area contributed by atoms with E-state index in [0.717, 1.165) is 0 Å². The van der Waals surface area contributed by atoms with Gasteiger partial charge in [-0.3, -0.25) is 4.79 Å². The molecule has 0 bridgehead atoms. The topological polar surface area (TPSA) is 75.4 Å². The quantitative estimate of drug-likeness (QED) is 0.727. The second-order valence-corrected chi connectivity index (χ2v) is 4.19. The molecule has 0 heterocycles. The lowest BCUT2D eigenvalue weighted by molar-refractivity contribution is 0.102. The zero-order valence-corrected chi connectivity index (χ0v) is 10.3. The van der Waals surface area contributed by atoms with Gasteiger partial charge >= 0.3 is 0 Å². The molecule has 19 heavy (non-hydrogen) atoms. The highest BCUT2D eigenvalue weighted by atomic mass is 19.1. The lowest BCUT2D eigenvalue weighted by Crippen LogP contribution is -2.12. The molecule has 0 radical (unpaired) electrons. The molecule has 0 saturated heterocycles. The molecule has 0 unspecified atom stereocenters. The number of nitrogens with two attached hydrogens (primary N) is 1. The van der Waals surface area contributed by atoms with Crippen LogP contribution in [0.3, 0.4) is 0 Å². The largest absolute Gasteiger partial charge is 0.508 e. The van der Waals surface area contributed by atoms with E-state index in [1.807, 2.05) is 0 Å². The number of phenolic OH excluding ortho intramolecular Hbond substituents is 1. The molecule has 0 spiro atoms. The first-order chi connectivity index (χ1) is 8.97.